The minimum atomic E-state index is -4.39. The van der Waals surface area contributed by atoms with Gasteiger partial charge in [-0.05, 0) is 18.6 Å². The Morgan fingerprint density at radius 3 is 2.79 bits per heavy atom. The number of hydrogen-bond acceptors (Lipinski definition) is 4. The second kappa shape index (κ2) is 7.82. The molecule has 0 saturated heterocycles. The van der Waals surface area contributed by atoms with E-state index in [0.29, 0.717) is 11.4 Å². The third kappa shape index (κ3) is 5.92. The van der Waals surface area contributed by atoms with Gasteiger partial charge in [0.1, 0.15) is 19.1 Å². The Labute approximate surface area is 136 Å². The molecule has 1 N–H and O–H groups in total. The molecular weight excluding hydrogens is 327 g/mol. The molecule has 1 amide bonds. The van der Waals surface area contributed by atoms with Crippen molar-refractivity contribution >= 4 is 11.6 Å². The summed E-state index contributed by atoms with van der Waals surface area (Å²) in [6.45, 7) is -0.0628. The number of para-hydroxylation sites is 1. The maximum atomic E-state index is 12.0. The fourth-order valence-electron chi connectivity index (χ4n) is 1.81. The molecule has 0 atom stereocenters. The number of anilines is 1. The number of hydrogen-bond donors (Lipinski definition) is 1. The van der Waals surface area contributed by atoms with E-state index in [1.165, 1.54) is 12.4 Å². The summed E-state index contributed by atoms with van der Waals surface area (Å²) < 4.78 is 46.9. The van der Waals surface area contributed by atoms with Crippen LogP contribution in [0.2, 0.25) is 0 Å². The molecule has 1 heterocycles. The van der Waals surface area contributed by atoms with Crippen LogP contribution in [0.15, 0.2) is 36.7 Å². The van der Waals surface area contributed by atoms with Gasteiger partial charge in [-0.25, -0.2) is 4.68 Å². The Hall–Kier alpha value is -2.55. The van der Waals surface area contributed by atoms with Crippen molar-refractivity contribution in [3.05, 3.63) is 42.2 Å². The number of amides is 1. The summed E-state index contributed by atoms with van der Waals surface area (Å²) in [5.74, 6) is 0.193. The molecule has 0 bridgehead atoms. The second-order valence-corrected chi connectivity index (χ2v) is 4.96. The predicted molar refractivity (Wildman–Crippen MR) is 79.5 cm³/mol. The SMILES string of the molecule is Cc1ccccc1OCC(=O)Nc1cnn(COCC(F)(F)F)c1. The van der Waals surface area contributed by atoms with Crippen molar-refractivity contribution in [2.24, 2.45) is 0 Å². The molecule has 0 aliphatic heterocycles. The molecule has 0 spiro atoms. The molecule has 0 saturated carbocycles. The zero-order valence-corrected chi connectivity index (χ0v) is 12.8. The standard InChI is InChI=1S/C15H16F3N3O3/c1-11-4-2-3-5-13(11)24-8-14(22)20-12-6-19-21(7-12)10-23-9-15(16,17)18/h2-7H,8-10H2,1H3,(H,20,22). The first kappa shape index (κ1) is 17.8. The first-order valence-corrected chi connectivity index (χ1v) is 6.99. The van der Waals surface area contributed by atoms with Crippen molar-refractivity contribution in [2.45, 2.75) is 19.8 Å². The highest BCUT2D eigenvalue weighted by Crippen LogP contribution is 2.16. The van der Waals surface area contributed by atoms with Crippen molar-refractivity contribution in [3.8, 4) is 5.75 Å². The van der Waals surface area contributed by atoms with Gasteiger partial charge in [0.2, 0.25) is 0 Å². The molecule has 130 valence electrons. The molecule has 24 heavy (non-hydrogen) atoms. The van der Waals surface area contributed by atoms with E-state index in [1.54, 1.807) is 12.1 Å². The van der Waals surface area contributed by atoms with E-state index in [0.717, 1.165) is 10.2 Å². The minimum Gasteiger partial charge on any atom is -0.483 e. The van der Waals surface area contributed by atoms with Crippen molar-refractivity contribution in [1.29, 1.82) is 0 Å². The summed E-state index contributed by atoms with van der Waals surface area (Å²) in [7, 11) is 0. The Kier molecular flexibility index (Phi) is 5.80. The highest BCUT2D eigenvalue weighted by atomic mass is 19.4. The topological polar surface area (TPSA) is 65.4 Å². The van der Waals surface area contributed by atoms with Crippen LogP contribution >= 0.6 is 0 Å². The number of aryl methyl sites for hydroxylation is 1. The molecule has 9 heteroatoms. The largest absolute Gasteiger partial charge is 0.483 e. The van der Waals surface area contributed by atoms with Gasteiger partial charge in [-0.2, -0.15) is 18.3 Å². The molecule has 1 aromatic heterocycles. The Morgan fingerprint density at radius 2 is 2.08 bits per heavy atom. The minimum absolute atomic E-state index is 0.194. The number of ether oxygens (including phenoxy) is 2. The first-order chi connectivity index (χ1) is 11.3. The number of nitrogens with zero attached hydrogens (tertiary/aromatic N) is 2. The highest BCUT2D eigenvalue weighted by Gasteiger charge is 2.27. The summed E-state index contributed by atoms with van der Waals surface area (Å²) in [6.07, 6.45) is -1.72. The van der Waals surface area contributed by atoms with Gasteiger partial charge in [0, 0.05) is 0 Å². The second-order valence-electron chi connectivity index (χ2n) is 4.96. The monoisotopic (exact) mass is 343 g/mol. The molecule has 0 radical (unpaired) electrons. The molecule has 0 aliphatic carbocycles. The molecule has 0 fully saturated rings. The third-order valence-corrected chi connectivity index (χ3v) is 2.86. The van der Waals surface area contributed by atoms with Gasteiger partial charge in [-0.15, -0.1) is 0 Å². The van der Waals surface area contributed by atoms with Crippen LogP contribution in [-0.2, 0) is 16.3 Å². The molecule has 2 aromatic rings. The van der Waals surface area contributed by atoms with Crippen molar-refractivity contribution in [2.75, 3.05) is 18.5 Å². The van der Waals surface area contributed by atoms with Crippen molar-refractivity contribution in [1.82, 2.24) is 9.78 Å². The van der Waals surface area contributed by atoms with Gasteiger partial charge in [0.05, 0.1) is 18.1 Å². The van der Waals surface area contributed by atoms with Gasteiger partial charge in [-0.3, -0.25) is 4.79 Å². The van der Waals surface area contributed by atoms with E-state index in [4.69, 9.17) is 4.74 Å². The average molecular weight is 343 g/mol. The van der Waals surface area contributed by atoms with Gasteiger partial charge in [0.25, 0.3) is 5.91 Å². The van der Waals surface area contributed by atoms with Gasteiger partial charge >= 0.3 is 6.18 Å². The Bertz CT molecular complexity index is 686. The molecule has 0 aliphatic rings. The van der Waals surface area contributed by atoms with Gasteiger partial charge < -0.3 is 14.8 Å². The number of alkyl halides is 3. The van der Waals surface area contributed by atoms with Gasteiger partial charge in [-0.1, -0.05) is 18.2 Å². The van der Waals surface area contributed by atoms with E-state index in [-0.39, 0.29) is 13.3 Å². The molecule has 1 aromatic carbocycles. The lowest BCUT2D eigenvalue weighted by atomic mass is 10.2. The van der Waals surface area contributed by atoms with Crippen LogP contribution in [0.25, 0.3) is 0 Å². The van der Waals surface area contributed by atoms with E-state index < -0.39 is 18.7 Å². The first-order valence-electron chi connectivity index (χ1n) is 6.99. The fourth-order valence-corrected chi connectivity index (χ4v) is 1.81. The van der Waals surface area contributed by atoms with Crippen LogP contribution in [0.3, 0.4) is 0 Å². The van der Waals surface area contributed by atoms with E-state index in [2.05, 4.69) is 15.2 Å². The molecule has 6 nitrogen and oxygen atoms in total. The van der Waals surface area contributed by atoms with E-state index in [1.807, 2.05) is 19.1 Å². The molecule has 2 rings (SSSR count). The van der Waals surface area contributed by atoms with E-state index >= 15 is 0 Å². The normalized spacial score (nSPS) is 11.3. The smallest absolute Gasteiger partial charge is 0.411 e. The maximum Gasteiger partial charge on any atom is 0.411 e. The van der Waals surface area contributed by atoms with Gasteiger partial charge in [0.15, 0.2) is 6.61 Å². The Balaban J connectivity index is 1.77. The van der Waals surface area contributed by atoms with Crippen LogP contribution in [-0.4, -0.2) is 35.1 Å². The number of halogens is 3. The van der Waals surface area contributed by atoms with Crippen LogP contribution < -0.4 is 10.1 Å². The summed E-state index contributed by atoms with van der Waals surface area (Å²) in [6, 6.07) is 7.26. The lowest BCUT2D eigenvalue weighted by Gasteiger charge is -2.08. The zero-order chi connectivity index (χ0) is 17.6. The number of carbonyl (C=O) groups is 1. The lowest BCUT2D eigenvalue weighted by Crippen LogP contribution is -2.20. The van der Waals surface area contributed by atoms with E-state index in [9.17, 15) is 18.0 Å². The summed E-state index contributed by atoms with van der Waals surface area (Å²) in [5.41, 5.74) is 1.24. The van der Waals surface area contributed by atoms with Crippen LogP contribution in [0.4, 0.5) is 18.9 Å². The number of nitrogens with one attached hydrogen (secondary N) is 1. The third-order valence-electron chi connectivity index (χ3n) is 2.86. The lowest BCUT2D eigenvalue weighted by molar-refractivity contribution is -0.182. The number of benzene rings is 1. The van der Waals surface area contributed by atoms with Crippen LogP contribution in [0.5, 0.6) is 5.75 Å². The maximum absolute atomic E-state index is 12.0. The molecular formula is C15H16F3N3O3. The average Bonchev–Trinajstić information content (AvgIpc) is 2.92. The zero-order valence-electron chi connectivity index (χ0n) is 12.8. The molecule has 0 unspecified atom stereocenters. The number of carbonyl (C=O) groups excluding carboxylic acids is 1. The summed E-state index contributed by atoms with van der Waals surface area (Å²) in [4.78, 5) is 11.8. The quantitative estimate of drug-likeness (QED) is 0.840. The van der Waals surface area contributed by atoms with Crippen LogP contribution in [0.1, 0.15) is 5.56 Å². The summed E-state index contributed by atoms with van der Waals surface area (Å²) >= 11 is 0. The van der Waals surface area contributed by atoms with Crippen molar-refractivity contribution < 1.29 is 27.4 Å². The van der Waals surface area contributed by atoms with Crippen LogP contribution in [0, 0.1) is 6.92 Å². The number of rotatable bonds is 7. The Morgan fingerprint density at radius 1 is 1.33 bits per heavy atom. The highest BCUT2D eigenvalue weighted by molar-refractivity contribution is 5.91. The predicted octanol–water partition coefficient (Wildman–Crippen LogP) is 2.75. The fraction of sp³-hybridized carbons (Fsp3) is 0.333. The summed E-state index contributed by atoms with van der Waals surface area (Å²) in [5, 5.41) is 6.32. The van der Waals surface area contributed by atoms with Crippen molar-refractivity contribution in [3.63, 3.8) is 0 Å². The number of aromatic nitrogens is 2.